The molecule has 0 amide bonds. The summed E-state index contributed by atoms with van der Waals surface area (Å²) in [5.41, 5.74) is 0.968. The molecule has 0 aliphatic carbocycles. The van der Waals surface area contributed by atoms with E-state index in [1.807, 2.05) is 13.8 Å². The first-order valence-electron chi connectivity index (χ1n) is 6.84. The van der Waals surface area contributed by atoms with Crippen LogP contribution in [0.1, 0.15) is 13.8 Å². The molecular weight excluding hydrogens is 274 g/mol. The summed E-state index contributed by atoms with van der Waals surface area (Å²) in [6.45, 7) is 5.05. The third kappa shape index (κ3) is 3.77. The van der Waals surface area contributed by atoms with Crippen molar-refractivity contribution < 1.29 is 14.2 Å². The summed E-state index contributed by atoms with van der Waals surface area (Å²) in [6, 6.07) is 3.09. The molecule has 0 radical (unpaired) electrons. The molecule has 0 atom stereocenters. The molecule has 0 aromatic carbocycles. The normalized spacial score (nSPS) is 11.2. The van der Waals surface area contributed by atoms with Crippen molar-refractivity contribution in [1.82, 2.24) is 14.5 Å². The van der Waals surface area contributed by atoms with Crippen LogP contribution < -0.4 is 10.3 Å². The van der Waals surface area contributed by atoms with Crippen LogP contribution in [0.3, 0.4) is 0 Å². The lowest BCUT2D eigenvalue weighted by atomic mass is 10.4. The standard InChI is InChI=1S/C14H19N3O4/c1-4-19-13(20-5-2)9-21-11-8-15-10-6-7-12(18)17(3)14(10)16-11/h6-8,13H,4-5,9H2,1-3H3. The minimum Gasteiger partial charge on any atom is -0.471 e. The van der Waals surface area contributed by atoms with Gasteiger partial charge in [0.15, 0.2) is 11.9 Å². The van der Waals surface area contributed by atoms with Gasteiger partial charge in [0.25, 0.3) is 5.56 Å². The maximum absolute atomic E-state index is 11.6. The van der Waals surface area contributed by atoms with Crippen LogP contribution in [-0.2, 0) is 16.5 Å². The van der Waals surface area contributed by atoms with Gasteiger partial charge in [-0.25, -0.2) is 4.98 Å². The molecule has 7 nitrogen and oxygen atoms in total. The molecule has 7 heteroatoms. The molecule has 0 spiro atoms. The summed E-state index contributed by atoms with van der Waals surface area (Å²) in [5.74, 6) is 0.327. The molecule has 0 saturated heterocycles. The number of nitrogens with zero attached hydrogens (tertiary/aromatic N) is 3. The zero-order chi connectivity index (χ0) is 15.2. The molecule has 0 aliphatic heterocycles. The number of aryl methyl sites for hydroxylation is 1. The Labute approximate surface area is 122 Å². The van der Waals surface area contributed by atoms with Crippen molar-refractivity contribution in [3.63, 3.8) is 0 Å². The van der Waals surface area contributed by atoms with Gasteiger partial charge >= 0.3 is 0 Å². The Kier molecular flexibility index (Phi) is 5.24. The fourth-order valence-corrected chi connectivity index (χ4v) is 1.84. The molecule has 0 aliphatic rings. The highest BCUT2D eigenvalue weighted by atomic mass is 16.7. The third-order valence-electron chi connectivity index (χ3n) is 2.86. The SMILES string of the molecule is CCOC(COc1cnc2ccc(=O)n(C)c2n1)OCC. The van der Waals surface area contributed by atoms with Crippen LogP contribution in [-0.4, -0.2) is 40.6 Å². The van der Waals surface area contributed by atoms with E-state index < -0.39 is 6.29 Å². The van der Waals surface area contributed by atoms with Gasteiger partial charge < -0.3 is 14.2 Å². The van der Waals surface area contributed by atoms with Crippen molar-refractivity contribution in [2.45, 2.75) is 20.1 Å². The van der Waals surface area contributed by atoms with E-state index in [-0.39, 0.29) is 12.2 Å². The van der Waals surface area contributed by atoms with Gasteiger partial charge in [-0.1, -0.05) is 0 Å². The summed E-state index contributed by atoms with van der Waals surface area (Å²) in [4.78, 5) is 20.1. The summed E-state index contributed by atoms with van der Waals surface area (Å²) >= 11 is 0. The van der Waals surface area contributed by atoms with Crippen LogP contribution in [0.2, 0.25) is 0 Å². The van der Waals surface area contributed by atoms with Gasteiger partial charge in [0.2, 0.25) is 5.88 Å². The first kappa shape index (κ1) is 15.4. The fraction of sp³-hybridized carbons (Fsp3) is 0.500. The third-order valence-corrected chi connectivity index (χ3v) is 2.86. The van der Waals surface area contributed by atoms with Crippen LogP contribution in [0.5, 0.6) is 5.88 Å². The largest absolute Gasteiger partial charge is 0.471 e. The molecule has 2 aromatic rings. The van der Waals surface area contributed by atoms with E-state index in [9.17, 15) is 4.79 Å². The number of hydrogen-bond acceptors (Lipinski definition) is 6. The zero-order valence-corrected chi connectivity index (χ0v) is 12.4. The Bertz CT molecular complexity index is 650. The maximum atomic E-state index is 11.6. The van der Waals surface area contributed by atoms with E-state index in [0.717, 1.165) is 0 Å². The smallest absolute Gasteiger partial charge is 0.252 e. The minimum atomic E-state index is -0.447. The van der Waals surface area contributed by atoms with Crippen molar-refractivity contribution in [1.29, 1.82) is 0 Å². The predicted molar refractivity (Wildman–Crippen MR) is 77.3 cm³/mol. The molecule has 0 bridgehead atoms. The Balaban J connectivity index is 2.15. The van der Waals surface area contributed by atoms with Crippen molar-refractivity contribution in [2.24, 2.45) is 7.05 Å². The zero-order valence-electron chi connectivity index (χ0n) is 12.4. The molecule has 0 saturated carbocycles. The van der Waals surface area contributed by atoms with E-state index in [0.29, 0.717) is 30.3 Å². The highest BCUT2D eigenvalue weighted by Gasteiger charge is 2.11. The van der Waals surface area contributed by atoms with Crippen LogP contribution in [0.15, 0.2) is 23.1 Å². The second-order valence-corrected chi connectivity index (χ2v) is 4.30. The first-order chi connectivity index (χ1) is 10.2. The molecule has 2 aromatic heterocycles. The minimum absolute atomic E-state index is 0.143. The lowest BCUT2D eigenvalue weighted by Gasteiger charge is -2.17. The van der Waals surface area contributed by atoms with Crippen LogP contribution in [0, 0.1) is 0 Å². The van der Waals surface area contributed by atoms with Gasteiger partial charge in [-0.3, -0.25) is 9.36 Å². The summed E-state index contributed by atoms with van der Waals surface area (Å²) in [6.07, 6.45) is 1.07. The van der Waals surface area contributed by atoms with E-state index in [2.05, 4.69) is 9.97 Å². The lowest BCUT2D eigenvalue weighted by Crippen LogP contribution is -2.25. The van der Waals surface area contributed by atoms with Gasteiger partial charge in [-0.15, -0.1) is 0 Å². The van der Waals surface area contributed by atoms with Crippen molar-refractivity contribution in [3.8, 4) is 5.88 Å². The van der Waals surface area contributed by atoms with Crippen molar-refractivity contribution in [2.75, 3.05) is 19.8 Å². The van der Waals surface area contributed by atoms with Crippen molar-refractivity contribution in [3.05, 3.63) is 28.7 Å². The molecule has 2 heterocycles. The monoisotopic (exact) mass is 293 g/mol. The Morgan fingerprint density at radius 2 is 1.95 bits per heavy atom. The highest BCUT2D eigenvalue weighted by Crippen LogP contribution is 2.12. The van der Waals surface area contributed by atoms with Gasteiger partial charge in [0.1, 0.15) is 12.1 Å². The van der Waals surface area contributed by atoms with E-state index in [4.69, 9.17) is 14.2 Å². The van der Waals surface area contributed by atoms with Gasteiger partial charge in [-0.2, -0.15) is 4.98 Å². The summed E-state index contributed by atoms with van der Waals surface area (Å²) in [7, 11) is 1.65. The molecule has 21 heavy (non-hydrogen) atoms. The molecule has 0 fully saturated rings. The quantitative estimate of drug-likeness (QED) is 0.712. The van der Waals surface area contributed by atoms with Gasteiger partial charge in [0, 0.05) is 26.3 Å². The summed E-state index contributed by atoms with van der Waals surface area (Å²) in [5, 5.41) is 0. The molecule has 0 N–H and O–H groups in total. The van der Waals surface area contributed by atoms with E-state index in [1.165, 1.54) is 16.8 Å². The van der Waals surface area contributed by atoms with Crippen LogP contribution >= 0.6 is 0 Å². The maximum Gasteiger partial charge on any atom is 0.252 e. The number of hydrogen-bond donors (Lipinski definition) is 0. The Hall–Kier alpha value is -1.99. The lowest BCUT2D eigenvalue weighted by molar-refractivity contribution is -0.152. The average molecular weight is 293 g/mol. The topological polar surface area (TPSA) is 75.5 Å². The number of rotatable bonds is 7. The highest BCUT2D eigenvalue weighted by molar-refractivity contribution is 5.69. The van der Waals surface area contributed by atoms with Crippen LogP contribution in [0.25, 0.3) is 11.2 Å². The van der Waals surface area contributed by atoms with Crippen molar-refractivity contribution >= 4 is 11.2 Å². The van der Waals surface area contributed by atoms with Gasteiger partial charge in [0.05, 0.1) is 6.20 Å². The second-order valence-electron chi connectivity index (χ2n) is 4.30. The second kappa shape index (κ2) is 7.14. The molecular formula is C14H19N3O4. The predicted octanol–water partition coefficient (Wildman–Crippen LogP) is 1.11. The molecule has 114 valence electrons. The first-order valence-corrected chi connectivity index (χ1v) is 6.84. The number of ether oxygens (including phenoxy) is 3. The number of fused-ring (bicyclic) bond motifs is 1. The van der Waals surface area contributed by atoms with E-state index >= 15 is 0 Å². The van der Waals surface area contributed by atoms with E-state index in [1.54, 1.807) is 13.1 Å². The average Bonchev–Trinajstić information content (AvgIpc) is 2.49. The Morgan fingerprint density at radius 1 is 1.24 bits per heavy atom. The number of aromatic nitrogens is 3. The van der Waals surface area contributed by atoms with Gasteiger partial charge in [-0.05, 0) is 19.9 Å². The summed E-state index contributed by atoms with van der Waals surface area (Å²) < 4.78 is 17.7. The van der Waals surface area contributed by atoms with Crippen LogP contribution in [0.4, 0.5) is 0 Å². The molecule has 2 rings (SSSR count). The Morgan fingerprint density at radius 3 is 2.62 bits per heavy atom. The fourth-order valence-electron chi connectivity index (χ4n) is 1.84. The number of pyridine rings is 1. The molecule has 0 unspecified atom stereocenters.